The number of nitrogen functional groups attached to an aromatic ring is 1. The molecule has 2 aliphatic rings. The first-order valence-corrected chi connectivity index (χ1v) is 15.1. The number of aliphatic imine (C=N–C) groups is 1. The molecule has 0 radical (unpaired) electrons. The van der Waals surface area contributed by atoms with Gasteiger partial charge in [-0.05, 0) is 57.5 Å². The minimum atomic E-state index is -0.919. The molecule has 1 aromatic heterocycles. The second-order valence-electron chi connectivity index (χ2n) is 10.0. The van der Waals surface area contributed by atoms with Crippen molar-refractivity contribution in [2.45, 2.75) is 50.7 Å². The molecule has 2 saturated heterocycles. The number of carboxylic acid groups (broad SMARTS) is 1. The van der Waals surface area contributed by atoms with Gasteiger partial charge < -0.3 is 41.3 Å². The maximum atomic E-state index is 13.0. The number of thiazole rings is 1. The number of carbonyl (C=O) groups excluding carboxylic acids is 2. The lowest BCUT2D eigenvalue weighted by Crippen LogP contribution is -2.76. The molecule has 2 aromatic rings. The van der Waals surface area contributed by atoms with E-state index in [9.17, 15) is 9.59 Å². The number of benzene rings is 1. The minimum Gasteiger partial charge on any atom is -0.490 e. The Labute approximate surface area is 262 Å². The number of nitrogens with two attached hydrogens (primary N) is 2. The summed E-state index contributed by atoms with van der Waals surface area (Å²) in [5.74, 6) is -0.133. The van der Waals surface area contributed by atoms with Crippen molar-refractivity contribution in [2.75, 3.05) is 32.0 Å². The van der Waals surface area contributed by atoms with Gasteiger partial charge in [-0.1, -0.05) is 11.6 Å². The number of piperidine rings is 1. The van der Waals surface area contributed by atoms with E-state index in [4.69, 9.17) is 39.8 Å². The third-order valence-electron chi connectivity index (χ3n) is 6.68. The summed E-state index contributed by atoms with van der Waals surface area (Å²) in [6, 6.07) is 6.71. The molecule has 0 aliphatic carbocycles. The lowest BCUT2D eigenvalue weighted by Gasteiger charge is -2.50. The number of amides is 2. The van der Waals surface area contributed by atoms with Crippen LogP contribution in [0.5, 0.6) is 5.75 Å². The zero-order chi connectivity index (χ0) is 32.1. The van der Waals surface area contributed by atoms with E-state index < -0.39 is 23.4 Å². The number of oxime groups is 1. The van der Waals surface area contributed by atoms with Crippen molar-refractivity contribution in [1.82, 2.24) is 20.7 Å². The number of ether oxygens (including phenoxy) is 1. The fourth-order valence-corrected chi connectivity index (χ4v) is 5.25. The number of carbonyl (C=O) groups is 3. The minimum absolute atomic E-state index is 0.0271. The predicted octanol–water partition coefficient (Wildman–Crippen LogP) is 1.23. The molecule has 0 bridgehead atoms. The third-order valence-corrected chi connectivity index (χ3v) is 7.57. The molecule has 16 nitrogen and oxygen atoms in total. The normalized spacial score (nSPS) is 19.7. The van der Waals surface area contributed by atoms with Crippen LogP contribution in [-0.2, 0) is 23.5 Å². The number of nitrogens with zero attached hydrogens (tertiary/aromatic N) is 4. The maximum Gasteiger partial charge on any atom is 0.290 e. The van der Waals surface area contributed by atoms with Crippen LogP contribution in [0.1, 0.15) is 44.4 Å². The van der Waals surface area contributed by atoms with Gasteiger partial charge in [0.1, 0.15) is 29.9 Å². The number of hydrogen-bond donors (Lipinski definition) is 6. The van der Waals surface area contributed by atoms with Crippen LogP contribution in [0, 0.1) is 0 Å². The van der Waals surface area contributed by atoms with Gasteiger partial charge in [-0.15, -0.1) is 11.3 Å². The summed E-state index contributed by atoms with van der Waals surface area (Å²) in [5.41, 5.74) is 11.8. The van der Waals surface area contributed by atoms with Crippen LogP contribution in [0.4, 0.5) is 5.13 Å². The van der Waals surface area contributed by atoms with Crippen LogP contribution >= 0.6 is 23.7 Å². The van der Waals surface area contributed by atoms with Gasteiger partial charge in [0.15, 0.2) is 29.8 Å². The van der Waals surface area contributed by atoms with E-state index in [-0.39, 0.29) is 48.5 Å². The number of hydroxylamine groups is 2. The Morgan fingerprint density at radius 3 is 2.64 bits per heavy atom. The number of amidine groups is 1. The topological polar surface area (TPSA) is 236 Å². The molecule has 3 heterocycles. The van der Waals surface area contributed by atoms with Crippen LogP contribution in [0.15, 0.2) is 39.8 Å². The zero-order valence-corrected chi connectivity index (χ0v) is 25.8. The quantitative estimate of drug-likeness (QED) is 0.0340. The van der Waals surface area contributed by atoms with Gasteiger partial charge in [0.25, 0.3) is 18.3 Å². The highest BCUT2D eigenvalue weighted by Crippen LogP contribution is 2.33. The predicted molar refractivity (Wildman–Crippen MR) is 165 cm³/mol. The maximum absolute atomic E-state index is 13.0. The van der Waals surface area contributed by atoms with Crippen LogP contribution in [0.25, 0.3) is 0 Å². The average molecular weight is 653 g/mol. The molecular formula is C26H36N8O8S2. The zero-order valence-electron chi connectivity index (χ0n) is 24.2. The SMILES string of the molecule is CC1(C)[C@H](NC(=O)/C(=N\OCCOc2ccc(C(N)=NCC3CCCCN3)cc2)c2csc(N)n2)C(=O)N1OSO.O=CO. The van der Waals surface area contributed by atoms with Crippen molar-refractivity contribution in [2.24, 2.45) is 15.9 Å². The van der Waals surface area contributed by atoms with Crippen molar-refractivity contribution >= 4 is 58.6 Å². The van der Waals surface area contributed by atoms with E-state index in [1.807, 2.05) is 12.1 Å². The van der Waals surface area contributed by atoms with E-state index in [1.54, 1.807) is 31.4 Å². The van der Waals surface area contributed by atoms with Gasteiger partial charge in [-0.3, -0.25) is 19.4 Å². The van der Waals surface area contributed by atoms with Crippen molar-refractivity contribution in [3.8, 4) is 5.75 Å². The van der Waals surface area contributed by atoms with Crippen molar-refractivity contribution in [3.63, 3.8) is 0 Å². The monoisotopic (exact) mass is 652 g/mol. The summed E-state index contributed by atoms with van der Waals surface area (Å²) in [6.45, 7) is 4.94. The van der Waals surface area contributed by atoms with E-state index in [0.717, 1.165) is 34.9 Å². The van der Waals surface area contributed by atoms with Crippen molar-refractivity contribution in [3.05, 3.63) is 40.9 Å². The molecule has 1 unspecified atom stereocenters. The lowest BCUT2D eigenvalue weighted by molar-refractivity contribution is -0.214. The van der Waals surface area contributed by atoms with Gasteiger partial charge in [0, 0.05) is 17.0 Å². The number of rotatable bonds is 13. The van der Waals surface area contributed by atoms with Gasteiger partial charge in [0.05, 0.1) is 12.1 Å². The Kier molecular flexibility index (Phi) is 13.2. The Morgan fingerprint density at radius 2 is 2.05 bits per heavy atom. The summed E-state index contributed by atoms with van der Waals surface area (Å²) in [4.78, 5) is 47.8. The molecule has 8 N–H and O–H groups in total. The van der Waals surface area contributed by atoms with E-state index in [0.29, 0.717) is 24.2 Å². The fraction of sp³-hybridized carbons (Fsp3) is 0.462. The van der Waals surface area contributed by atoms with Crippen molar-refractivity contribution in [1.29, 1.82) is 0 Å². The molecule has 240 valence electrons. The molecule has 18 heteroatoms. The highest BCUT2D eigenvalue weighted by Gasteiger charge is 2.57. The smallest absolute Gasteiger partial charge is 0.290 e. The molecule has 2 atom stereocenters. The molecule has 4 rings (SSSR count). The molecule has 44 heavy (non-hydrogen) atoms. The van der Waals surface area contributed by atoms with Crippen LogP contribution in [0.3, 0.4) is 0 Å². The Bertz CT molecular complexity index is 1320. The van der Waals surface area contributed by atoms with Crippen molar-refractivity contribution < 1.29 is 37.9 Å². The standard InChI is InChI=1S/C25H34N8O6S2.CH2O2/c1-25(2)20(23(35)33(25)39-41-36)31-22(34)19(18-14-40-24(27)30-18)32-38-12-11-37-17-8-6-15(7-9-17)21(26)29-13-16-5-3-4-10-28-16;2-1-3/h6-9,14,16,20,28,36H,3-5,10-13H2,1-2H3,(H2,26,29)(H2,27,30)(H,31,34);1H,(H,2,3)/b32-19-;/t16?,20-;/m1./s1. The molecule has 2 aliphatic heterocycles. The Balaban J connectivity index is 0.00000169. The third kappa shape index (κ3) is 9.26. The number of hydrogen-bond acceptors (Lipinski definition) is 14. The van der Waals surface area contributed by atoms with Gasteiger partial charge in [0.2, 0.25) is 0 Å². The summed E-state index contributed by atoms with van der Waals surface area (Å²) in [5, 5.41) is 19.7. The summed E-state index contributed by atoms with van der Waals surface area (Å²) >= 11 is 1.17. The number of β-lactam (4-membered cyclic amide) rings is 1. The molecule has 1 aromatic carbocycles. The first kappa shape index (κ1) is 34.5. The van der Waals surface area contributed by atoms with Crippen LogP contribution in [0.2, 0.25) is 0 Å². The molecule has 2 amide bonds. The first-order valence-electron chi connectivity index (χ1n) is 13.5. The van der Waals surface area contributed by atoms with Crippen LogP contribution < -0.4 is 26.8 Å². The number of anilines is 1. The van der Waals surface area contributed by atoms with Gasteiger partial charge >= 0.3 is 0 Å². The van der Waals surface area contributed by atoms with E-state index >= 15 is 0 Å². The molecule has 0 spiro atoms. The summed E-state index contributed by atoms with van der Waals surface area (Å²) in [6.07, 6.45) is 3.52. The number of aromatic nitrogens is 1. The summed E-state index contributed by atoms with van der Waals surface area (Å²) in [7, 11) is 0. The molecule has 0 saturated carbocycles. The lowest BCUT2D eigenvalue weighted by atomic mass is 9.84. The van der Waals surface area contributed by atoms with Gasteiger partial charge in [-0.2, -0.15) is 9.35 Å². The first-order chi connectivity index (χ1) is 21.1. The Hall–Kier alpha value is -3.97. The molecular weight excluding hydrogens is 616 g/mol. The average Bonchev–Trinajstić information content (AvgIpc) is 3.45. The second kappa shape index (κ2) is 16.8. The second-order valence-corrected chi connectivity index (χ2v) is 11.2. The number of nitrogens with one attached hydrogen (secondary N) is 2. The van der Waals surface area contributed by atoms with Crippen LogP contribution in [-0.4, -0.2) is 93.5 Å². The highest BCUT2D eigenvalue weighted by atomic mass is 32.2. The van der Waals surface area contributed by atoms with Gasteiger partial charge in [-0.25, -0.2) is 4.98 Å². The molecule has 2 fully saturated rings. The summed E-state index contributed by atoms with van der Waals surface area (Å²) < 4.78 is 19.5. The fourth-order valence-electron chi connectivity index (χ4n) is 4.37. The Morgan fingerprint density at radius 1 is 1.32 bits per heavy atom. The van der Waals surface area contributed by atoms with E-state index in [1.165, 1.54) is 12.8 Å². The largest absolute Gasteiger partial charge is 0.490 e. The van der Waals surface area contributed by atoms with E-state index in [2.05, 4.69) is 25.8 Å². The highest BCUT2D eigenvalue weighted by molar-refractivity contribution is 7.88.